The number of carbonyl (C=O) groups is 1. The zero-order valence-corrected chi connectivity index (χ0v) is 13.0. The molecule has 2 N–H and O–H groups in total. The topological polar surface area (TPSA) is 46.3 Å². The van der Waals surface area contributed by atoms with Gasteiger partial charge in [0.05, 0.1) is 11.1 Å². The Morgan fingerprint density at radius 2 is 2.10 bits per heavy atom. The predicted molar refractivity (Wildman–Crippen MR) is 76.8 cm³/mol. The number of carbonyl (C=O) groups excluding carboxylic acids is 1. The first-order valence-corrected chi connectivity index (χ1v) is 7.41. The van der Waals surface area contributed by atoms with Gasteiger partial charge in [0.1, 0.15) is 0 Å². The maximum Gasteiger partial charge on any atom is 0.416 e. The van der Waals surface area contributed by atoms with Crippen LogP contribution < -0.4 is 5.73 Å². The van der Waals surface area contributed by atoms with Crippen LogP contribution in [0.25, 0.3) is 0 Å². The Balaban J connectivity index is 2.27. The van der Waals surface area contributed by atoms with Gasteiger partial charge in [-0.05, 0) is 46.5 Å². The van der Waals surface area contributed by atoms with E-state index in [1.54, 1.807) is 0 Å². The van der Waals surface area contributed by atoms with E-state index >= 15 is 0 Å². The molecule has 1 heterocycles. The third-order valence-corrected chi connectivity index (χ3v) is 4.52. The van der Waals surface area contributed by atoms with Crippen LogP contribution in [-0.4, -0.2) is 29.9 Å². The quantitative estimate of drug-likeness (QED) is 0.830. The summed E-state index contributed by atoms with van der Waals surface area (Å²) >= 11 is 3.15. The first-order chi connectivity index (χ1) is 9.70. The number of hydrogen-bond donors (Lipinski definition) is 1. The van der Waals surface area contributed by atoms with Crippen LogP contribution in [0.4, 0.5) is 13.2 Å². The number of benzene rings is 1. The number of rotatable bonds is 1. The van der Waals surface area contributed by atoms with Gasteiger partial charge in [0.2, 0.25) is 0 Å². The third kappa shape index (κ3) is 3.58. The fourth-order valence-electron chi connectivity index (χ4n) is 2.32. The Morgan fingerprint density at radius 1 is 1.43 bits per heavy atom. The molecule has 1 saturated heterocycles. The molecule has 2 atom stereocenters. The number of hydrogen-bond acceptors (Lipinski definition) is 2. The van der Waals surface area contributed by atoms with E-state index < -0.39 is 17.6 Å². The predicted octanol–water partition coefficient (Wildman–Crippen LogP) is 3.28. The highest BCUT2D eigenvalue weighted by Crippen LogP contribution is 2.32. The first kappa shape index (κ1) is 16.3. The number of alkyl halides is 3. The standard InChI is InChI=1S/C14H16BrF3N2O/c1-8-4-5-20(7-12(8)19)13(21)10-6-9(14(16,17)18)2-3-11(10)15/h2-3,6,8,12H,4-5,7,19H2,1H3. The smallest absolute Gasteiger partial charge is 0.337 e. The van der Waals surface area contributed by atoms with Crippen LogP contribution in [0.1, 0.15) is 29.3 Å². The van der Waals surface area contributed by atoms with E-state index in [9.17, 15) is 18.0 Å². The van der Waals surface area contributed by atoms with Crippen molar-refractivity contribution < 1.29 is 18.0 Å². The van der Waals surface area contributed by atoms with Gasteiger partial charge in [-0.3, -0.25) is 4.79 Å². The Bertz CT molecular complexity index is 548. The number of halogens is 4. The molecule has 0 spiro atoms. The molecule has 116 valence electrons. The maximum atomic E-state index is 12.8. The van der Waals surface area contributed by atoms with Crippen LogP contribution in [0.2, 0.25) is 0 Å². The van der Waals surface area contributed by atoms with Gasteiger partial charge in [0.15, 0.2) is 0 Å². The zero-order valence-electron chi connectivity index (χ0n) is 11.5. The lowest BCUT2D eigenvalue weighted by molar-refractivity contribution is -0.137. The molecular formula is C14H16BrF3N2O. The number of nitrogens with two attached hydrogens (primary N) is 1. The Hall–Kier alpha value is -1.08. The van der Waals surface area contributed by atoms with Gasteiger partial charge < -0.3 is 10.6 Å². The van der Waals surface area contributed by atoms with E-state index in [0.29, 0.717) is 23.5 Å². The summed E-state index contributed by atoms with van der Waals surface area (Å²) in [6.07, 6.45) is -3.72. The van der Waals surface area contributed by atoms with Gasteiger partial charge in [-0.15, -0.1) is 0 Å². The van der Waals surface area contributed by atoms with Gasteiger partial charge in [0, 0.05) is 23.6 Å². The molecule has 3 nitrogen and oxygen atoms in total. The molecule has 1 aliphatic rings. The van der Waals surface area contributed by atoms with Crippen LogP contribution in [0, 0.1) is 5.92 Å². The van der Waals surface area contributed by atoms with Crippen molar-refractivity contribution in [3.63, 3.8) is 0 Å². The van der Waals surface area contributed by atoms with E-state index in [1.807, 2.05) is 6.92 Å². The number of nitrogens with zero attached hydrogens (tertiary/aromatic N) is 1. The number of likely N-dealkylation sites (tertiary alicyclic amines) is 1. The lowest BCUT2D eigenvalue weighted by Crippen LogP contribution is -2.49. The molecule has 1 aromatic carbocycles. The summed E-state index contributed by atoms with van der Waals surface area (Å²) in [6.45, 7) is 2.88. The van der Waals surface area contributed by atoms with Gasteiger partial charge >= 0.3 is 6.18 Å². The van der Waals surface area contributed by atoms with Gasteiger partial charge in [-0.25, -0.2) is 0 Å². The summed E-state index contributed by atoms with van der Waals surface area (Å²) in [6, 6.07) is 2.94. The second-order valence-electron chi connectivity index (χ2n) is 5.37. The highest BCUT2D eigenvalue weighted by Gasteiger charge is 2.33. The van der Waals surface area contributed by atoms with Crippen LogP contribution in [-0.2, 0) is 6.18 Å². The summed E-state index contributed by atoms with van der Waals surface area (Å²) in [5.74, 6) is -0.116. The monoisotopic (exact) mass is 364 g/mol. The SMILES string of the molecule is CC1CCN(C(=O)c2cc(C(F)(F)F)ccc2Br)CC1N. The van der Waals surface area contributed by atoms with Crippen molar-refractivity contribution >= 4 is 21.8 Å². The molecule has 0 radical (unpaired) electrons. The number of amides is 1. The average molecular weight is 365 g/mol. The van der Waals surface area contributed by atoms with Crippen LogP contribution >= 0.6 is 15.9 Å². The van der Waals surface area contributed by atoms with E-state index in [4.69, 9.17) is 5.73 Å². The van der Waals surface area contributed by atoms with Crippen molar-refractivity contribution in [2.24, 2.45) is 11.7 Å². The highest BCUT2D eigenvalue weighted by atomic mass is 79.9. The molecule has 0 aliphatic carbocycles. The second kappa shape index (κ2) is 5.96. The third-order valence-electron chi connectivity index (χ3n) is 3.83. The molecule has 1 fully saturated rings. The molecule has 1 amide bonds. The summed E-state index contributed by atoms with van der Waals surface area (Å²) in [4.78, 5) is 13.9. The van der Waals surface area contributed by atoms with Gasteiger partial charge in [-0.2, -0.15) is 13.2 Å². The molecule has 1 aromatic rings. The van der Waals surface area contributed by atoms with Crippen molar-refractivity contribution in [3.8, 4) is 0 Å². The maximum absolute atomic E-state index is 12.8. The molecule has 0 aromatic heterocycles. The molecular weight excluding hydrogens is 349 g/mol. The van der Waals surface area contributed by atoms with Crippen molar-refractivity contribution in [2.75, 3.05) is 13.1 Å². The minimum Gasteiger partial charge on any atom is -0.337 e. The highest BCUT2D eigenvalue weighted by molar-refractivity contribution is 9.10. The van der Waals surface area contributed by atoms with E-state index in [1.165, 1.54) is 11.0 Å². The van der Waals surface area contributed by atoms with Crippen LogP contribution in [0.15, 0.2) is 22.7 Å². The molecule has 0 saturated carbocycles. The molecule has 2 unspecified atom stereocenters. The largest absolute Gasteiger partial charge is 0.416 e. The van der Waals surface area contributed by atoms with E-state index in [0.717, 1.165) is 18.6 Å². The Morgan fingerprint density at radius 3 is 2.67 bits per heavy atom. The van der Waals surface area contributed by atoms with Gasteiger partial charge in [-0.1, -0.05) is 6.92 Å². The van der Waals surface area contributed by atoms with Crippen LogP contribution in [0.5, 0.6) is 0 Å². The van der Waals surface area contributed by atoms with Crippen molar-refractivity contribution in [1.82, 2.24) is 4.90 Å². The van der Waals surface area contributed by atoms with E-state index in [2.05, 4.69) is 15.9 Å². The molecule has 21 heavy (non-hydrogen) atoms. The minimum absolute atomic E-state index is 0.0200. The molecule has 2 rings (SSSR count). The summed E-state index contributed by atoms with van der Waals surface area (Å²) in [5.41, 5.74) is 5.13. The van der Waals surface area contributed by atoms with Crippen molar-refractivity contribution in [2.45, 2.75) is 25.6 Å². The Kier molecular flexibility index (Phi) is 4.63. The first-order valence-electron chi connectivity index (χ1n) is 6.61. The number of piperidine rings is 1. The lowest BCUT2D eigenvalue weighted by atomic mass is 9.94. The van der Waals surface area contributed by atoms with Crippen molar-refractivity contribution in [3.05, 3.63) is 33.8 Å². The fraction of sp³-hybridized carbons (Fsp3) is 0.500. The summed E-state index contributed by atoms with van der Waals surface area (Å²) in [5, 5.41) is 0. The lowest BCUT2D eigenvalue weighted by Gasteiger charge is -2.35. The summed E-state index contributed by atoms with van der Waals surface area (Å²) in [7, 11) is 0. The minimum atomic E-state index is -4.47. The van der Waals surface area contributed by atoms with Crippen LogP contribution in [0.3, 0.4) is 0 Å². The second-order valence-corrected chi connectivity index (χ2v) is 6.23. The van der Waals surface area contributed by atoms with Gasteiger partial charge in [0.25, 0.3) is 5.91 Å². The fourth-order valence-corrected chi connectivity index (χ4v) is 2.74. The van der Waals surface area contributed by atoms with Crippen molar-refractivity contribution in [1.29, 1.82) is 0 Å². The molecule has 1 aliphatic heterocycles. The molecule has 7 heteroatoms. The van der Waals surface area contributed by atoms with E-state index in [-0.39, 0.29) is 11.6 Å². The average Bonchev–Trinajstić information content (AvgIpc) is 2.40. The summed E-state index contributed by atoms with van der Waals surface area (Å²) < 4.78 is 38.6. The normalized spacial score (nSPS) is 23.2. The zero-order chi connectivity index (χ0) is 15.8. The molecule has 0 bridgehead atoms. The Labute approximate surface area is 129 Å².